The molecule has 108 valence electrons. The van der Waals surface area contributed by atoms with Crippen LogP contribution >= 0.6 is 11.3 Å². The van der Waals surface area contributed by atoms with Crippen molar-refractivity contribution in [3.8, 4) is 11.8 Å². The molecule has 1 heterocycles. The van der Waals surface area contributed by atoms with Crippen LogP contribution < -0.4 is 5.32 Å². The molecule has 0 aromatic carbocycles. The van der Waals surface area contributed by atoms with Gasteiger partial charge >= 0.3 is 0 Å². The van der Waals surface area contributed by atoms with Crippen molar-refractivity contribution in [2.24, 2.45) is 5.41 Å². The number of aliphatic hydroxyl groups excluding tert-OH is 1. The SMILES string of the molecule is CCC1(CNC(=O)c2ccc(C#CCO)s2)CCCC1. The highest BCUT2D eigenvalue weighted by atomic mass is 32.1. The fraction of sp³-hybridized carbons (Fsp3) is 0.562. The minimum Gasteiger partial charge on any atom is -0.384 e. The minimum atomic E-state index is -0.154. The first-order chi connectivity index (χ1) is 9.69. The molecule has 1 aliphatic rings. The molecule has 3 nitrogen and oxygen atoms in total. The van der Waals surface area contributed by atoms with Gasteiger partial charge in [0, 0.05) is 6.54 Å². The molecule has 20 heavy (non-hydrogen) atoms. The summed E-state index contributed by atoms with van der Waals surface area (Å²) in [5.74, 6) is 5.41. The second-order valence-corrected chi connectivity index (χ2v) is 6.45. The molecule has 0 bridgehead atoms. The normalized spacial score (nSPS) is 16.5. The Balaban J connectivity index is 1.93. The van der Waals surface area contributed by atoms with Gasteiger partial charge in [-0.2, -0.15) is 0 Å². The summed E-state index contributed by atoms with van der Waals surface area (Å²) in [4.78, 5) is 13.7. The summed E-state index contributed by atoms with van der Waals surface area (Å²) in [7, 11) is 0. The van der Waals surface area contributed by atoms with Gasteiger partial charge in [0.25, 0.3) is 5.91 Å². The highest BCUT2D eigenvalue weighted by Crippen LogP contribution is 2.40. The van der Waals surface area contributed by atoms with E-state index in [-0.39, 0.29) is 12.5 Å². The van der Waals surface area contributed by atoms with E-state index in [2.05, 4.69) is 24.1 Å². The first-order valence-corrected chi connectivity index (χ1v) is 7.98. The Morgan fingerprint density at radius 1 is 1.45 bits per heavy atom. The predicted octanol–water partition coefficient (Wildman–Crippen LogP) is 2.79. The lowest BCUT2D eigenvalue weighted by Gasteiger charge is -2.27. The van der Waals surface area contributed by atoms with Crippen LogP contribution in [0.4, 0.5) is 0 Å². The molecule has 1 saturated carbocycles. The molecule has 2 N–H and O–H groups in total. The van der Waals surface area contributed by atoms with Crippen LogP contribution in [0.15, 0.2) is 12.1 Å². The second kappa shape index (κ2) is 6.92. The van der Waals surface area contributed by atoms with Crippen LogP contribution in [0.2, 0.25) is 0 Å². The number of carbonyl (C=O) groups is 1. The van der Waals surface area contributed by atoms with Crippen LogP contribution in [0, 0.1) is 17.3 Å². The maximum atomic E-state index is 12.1. The summed E-state index contributed by atoms with van der Waals surface area (Å²) >= 11 is 1.37. The van der Waals surface area contributed by atoms with E-state index in [9.17, 15) is 4.79 Å². The maximum absolute atomic E-state index is 12.1. The summed E-state index contributed by atoms with van der Waals surface area (Å²) in [5, 5.41) is 11.7. The summed E-state index contributed by atoms with van der Waals surface area (Å²) in [6.07, 6.45) is 6.14. The number of carbonyl (C=O) groups excluding carboxylic acids is 1. The van der Waals surface area contributed by atoms with E-state index in [1.807, 2.05) is 6.07 Å². The lowest BCUT2D eigenvalue weighted by atomic mass is 9.83. The molecule has 0 unspecified atom stereocenters. The Labute approximate surface area is 124 Å². The quantitative estimate of drug-likeness (QED) is 0.838. The van der Waals surface area contributed by atoms with Gasteiger partial charge in [0.15, 0.2) is 0 Å². The van der Waals surface area contributed by atoms with Gasteiger partial charge in [-0.1, -0.05) is 31.6 Å². The van der Waals surface area contributed by atoms with Gasteiger partial charge in [0.2, 0.25) is 0 Å². The third kappa shape index (κ3) is 3.62. The maximum Gasteiger partial charge on any atom is 0.261 e. The molecule has 0 aliphatic heterocycles. The molecule has 0 radical (unpaired) electrons. The fourth-order valence-corrected chi connectivity index (χ4v) is 3.59. The number of hydrogen-bond donors (Lipinski definition) is 2. The highest BCUT2D eigenvalue weighted by Gasteiger charge is 2.32. The van der Waals surface area contributed by atoms with Crippen LogP contribution in [0.25, 0.3) is 0 Å². The number of nitrogens with one attached hydrogen (secondary N) is 1. The number of amides is 1. The largest absolute Gasteiger partial charge is 0.384 e. The van der Waals surface area contributed by atoms with Gasteiger partial charge in [0.05, 0.1) is 9.75 Å². The van der Waals surface area contributed by atoms with E-state index < -0.39 is 0 Å². The van der Waals surface area contributed by atoms with Crippen molar-refractivity contribution in [1.82, 2.24) is 5.32 Å². The Hall–Kier alpha value is -1.31. The molecule has 1 aromatic rings. The average Bonchev–Trinajstić information content (AvgIpc) is 3.12. The van der Waals surface area contributed by atoms with Crippen molar-refractivity contribution in [2.75, 3.05) is 13.2 Å². The topological polar surface area (TPSA) is 49.3 Å². The smallest absolute Gasteiger partial charge is 0.261 e. The van der Waals surface area contributed by atoms with Gasteiger partial charge in [-0.3, -0.25) is 4.79 Å². The van der Waals surface area contributed by atoms with E-state index in [1.54, 1.807) is 6.07 Å². The van der Waals surface area contributed by atoms with E-state index in [4.69, 9.17) is 5.11 Å². The van der Waals surface area contributed by atoms with E-state index in [0.717, 1.165) is 17.8 Å². The number of thiophene rings is 1. The molecule has 1 aromatic heterocycles. The molecule has 4 heteroatoms. The molecule has 0 saturated heterocycles. The van der Waals surface area contributed by atoms with Crippen molar-refractivity contribution >= 4 is 17.2 Å². The molecule has 1 fully saturated rings. The van der Waals surface area contributed by atoms with Crippen molar-refractivity contribution in [3.05, 3.63) is 21.9 Å². The zero-order valence-electron chi connectivity index (χ0n) is 11.9. The average molecular weight is 291 g/mol. The third-order valence-corrected chi connectivity index (χ3v) is 5.16. The predicted molar refractivity (Wildman–Crippen MR) is 81.8 cm³/mol. The molecule has 0 spiro atoms. The molecule has 2 rings (SSSR count). The molecule has 0 atom stereocenters. The zero-order chi connectivity index (χ0) is 14.4. The van der Waals surface area contributed by atoms with Crippen molar-refractivity contribution in [1.29, 1.82) is 0 Å². The van der Waals surface area contributed by atoms with Gasteiger partial charge in [0.1, 0.15) is 6.61 Å². The number of hydrogen-bond acceptors (Lipinski definition) is 3. The van der Waals surface area contributed by atoms with Gasteiger partial charge in [-0.05, 0) is 36.8 Å². The monoisotopic (exact) mass is 291 g/mol. The highest BCUT2D eigenvalue weighted by molar-refractivity contribution is 7.14. The number of aliphatic hydroxyl groups is 1. The molecular weight excluding hydrogens is 270 g/mol. The van der Waals surface area contributed by atoms with Crippen LogP contribution in [0.5, 0.6) is 0 Å². The summed E-state index contributed by atoms with van der Waals surface area (Å²) in [5.41, 5.74) is 0.312. The van der Waals surface area contributed by atoms with Crippen LogP contribution in [-0.4, -0.2) is 24.2 Å². The van der Waals surface area contributed by atoms with Gasteiger partial charge < -0.3 is 10.4 Å². The molecule has 1 aliphatic carbocycles. The molecular formula is C16H21NO2S. The Kier molecular flexibility index (Phi) is 5.22. The van der Waals surface area contributed by atoms with Crippen LogP contribution in [-0.2, 0) is 0 Å². The molecule has 1 amide bonds. The summed E-state index contributed by atoms with van der Waals surface area (Å²) < 4.78 is 0. The van der Waals surface area contributed by atoms with E-state index in [0.29, 0.717) is 10.3 Å². The zero-order valence-corrected chi connectivity index (χ0v) is 12.7. The van der Waals surface area contributed by atoms with Gasteiger partial charge in [-0.25, -0.2) is 0 Å². The lowest BCUT2D eigenvalue weighted by molar-refractivity contribution is 0.0933. The fourth-order valence-electron chi connectivity index (χ4n) is 2.79. The number of rotatable bonds is 4. The second-order valence-electron chi connectivity index (χ2n) is 5.37. The Morgan fingerprint density at radius 2 is 2.20 bits per heavy atom. The van der Waals surface area contributed by atoms with E-state index in [1.165, 1.54) is 37.0 Å². The van der Waals surface area contributed by atoms with Crippen LogP contribution in [0.3, 0.4) is 0 Å². The lowest BCUT2D eigenvalue weighted by Crippen LogP contribution is -2.35. The standard InChI is InChI=1S/C16H21NO2S/c1-2-16(9-3-4-10-16)12-17-15(19)14-8-7-13(20-14)6-5-11-18/h7-8,18H,2-4,9-12H2,1H3,(H,17,19). The van der Waals surface area contributed by atoms with Crippen molar-refractivity contribution in [2.45, 2.75) is 39.0 Å². The first kappa shape index (κ1) is 15.1. The summed E-state index contributed by atoms with van der Waals surface area (Å²) in [6, 6.07) is 3.63. The summed E-state index contributed by atoms with van der Waals surface area (Å²) in [6.45, 7) is 2.83. The Morgan fingerprint density at radius 3 is 2.85 bits per heavy atom. The first-order valence-electron chi connectivity index (χ1n) is 7.17. The third-order valence-electron chi connectivity index (χ3n) is 4.16. The Bertz CT molecular complexity index is 518. The van der Waals surface area contributed by atoms with Crippen LogP contribution in [0.1, 0.15) is 53.6 Å². The van der Waals surface area contributed by atoms with E-state index >= 15 is 0 Å². The van der Waals surface area contributed by atoms with Crippen molar-refractivity contribution in [3.63, 3.8) is 0 Å². The van der Waals surface area contributed by atoms with Crippen molar-refractivity contribution < 1.29 is 9.90 Å². The minimum absolute atomic E-state index is 0.00762. The van der Waals surface area contributed by atoms with Gasteiger partial charge in [-0.15, -0.1) is 11.3 Å².